The maximum atomic E-state index is 12.3. The van der Waals surface area contributed by atoms with Gasteiger partial charge in [-0.1, -0.05) is 12.1 Å². The van der Waals surface area contributed by atoms with Crippen molar-refractivity contribution in [1.29, 1.82) is 0 Å². The number of urea groups is 1. The molecule has 1 aromatic carbocycles. The molecule has 0 unspecified atom stereocenters. The molecule has 2 amide bonds. The van der Waals surface area contributed by atoms with Crippen molar-refractivity contribution in [2.75, 3.05) is 30.9 Å². The number of aliphatic hydroxyl groups excluding tert-OH is 1. The van der Waals surface area contributed by atoms with E-state index >= 15 is 0 Å². The van der Waals surface area contributed by atoms with Crippen LogP contribution in [0.15, 0.2) is 40.5 Å². The molecule has 18 heteroatoms. The fourth-order valence-electron chi connectivity index (χ4n) is 4.05. The van der Waals surface area contributed by atoms with Gasteiger partial charge in [0.1, 0.15) is 10.7 Å². The number of hydrogen-bond donors (Lipinski definition) is 5. The minimum absolute atomic E-state index is 0.0351. The van der Waals surface area contributed by atoms with Crippen molar-refractivity contribution in [1.82, 2.24) is 19.7 Å². The number of carbonyl (C=O) groups excluding carboxylic acids is 4. The van der Waals surface area contributed by atoms with Crippen LogP contribution in [0.5, 0.6) is 6.01 Å². The van der Waals surface area contributed by atoms with Crippen LogP contribution in [-0.4, -0.2) is 83.4 Å². The molecular formula is C27H32N6O11S. The molecule has 1 aromatic heterocycles. The number of carboxylic acid groups (broad SMARTS) is 1. The Bertz CT molecular complexity index is 1600. The van der Waals surface area contributed by atoms with Crippen molar-refractivity contribution in [3.05, 3.63) is 41.2 Å². The van der Waals surface area contributed by atoms with E-state index in [2.05, 4.69) is 25.6 Å². The Labute approximate surface area is 257 Å². The first-order chi connectivity index (χ1) is 21.3. The zero-order valence-corrected chi connectivity index (χ0v) is 25.3. The summed E-state index contributed by atoms with van der Waals surface area (Å²) in [7, 11) is -2.92. The number of anilines is 2. The Morgan fingerprint density at radius 1 is 0.933 bits per heavy atom. The van der Waals surface area contributed by atoms with Crippen LogP contribution in [0.4, 0.5) is 16.7 Å². The van der Waals surface area contributed by atoms with Crippen LogP contribution in [0.2, 0.25) is 0 Å². The number of Topliss-reactive ketones (excluding diaryl/α,β-unsaturated/α-hetero) is 2. The van der Waals surface area contributed by atoms with E-state index in [0.717, 1.165) is 25.0 Å². The number of carboxylic acids is 1. The molecule has 0 spiro atoms. The van der Waals surface area contributed by atoms with Gasteiger partial charge >= 0.3 is 24.0 Å². The maximum Gasteiger partial charge on any atom is 0.337 e. The van der Waals surface area contributed by atoms with Gasteiger partial charge in [-0.3, -0.25) is 19.7 Å². The highest BCUT2D eigenvalue weighted by molar-refractivity contribution is 7.90. The second-order valence-electron chi connectivity index (χ2n) is 9.55. The van der Waals surface area contributed by atoms with E-state index in [-0.39, 0.29) is 61.2 Å². The van der Waals surface area contributed by atoms with Gasteiger partial charge in [0.05, 0.1) is 30.3 Å². The van der Waals surface area contributed by atoms with E-state index in [4.69, 9.17) is 14.6 Å². The Morgan fingerprint density at radius 3 is 2.11 bits per heavy atom. The lowest BCUT2D eigenvalue weighted by molar-refractivity contribution is -0.151. The largest absolute Gasteiger partial charge is 0.511 e. The molecule has 2 aromatic rings. The molecule has 2 saturated carbocycles. The molecule has 17 nitrogen and oxygen atoms in total. The number of nitrogens with zero attached hydrogens (tertiary/aromatic N) is 3. The summed E-state index contributed by atoms with van der Waals surface area (Å²) in [5.74, 6) is -3.82. The third-order valence-electron chi connectivity index (χ3n) is 6.23. The zero-order valence-electron chi connectivity index (χ0n) is 24.5. The number of nitrogens with one attached hydrogen (secondary N) is 3. The number of allylic oxidation sites excluding steroid dienone is 2. The number of benzene rings is 1. The summed E-state index contributed by atoms with van der Waals surface area (Å²) in [5.41, 5.74) is -0.563. The number of aliphatic hydroxyl groups is 1. The SMILES string of the molecule is CCOC(=O)C1CC(=O)C(=C(O)C2CC2)C(=O)C1.CCOc1nc(NC)nc(NC(=O)NS(=O)(=O)c2ccccc2C(=O)O)n1. The third kappa shape index (κ3) is 9.18. The summed E-state index contributed by atoms with van der Waals surface area (Å²) in [6.07, 6.45) is 1.54. The lowest BCUT2D eigenvalue weighted by Gasteiger charge is -2.21. The van der Waals surface area contributed by atoms with Gasteiger partial charge in [-0.2, -0.15) is 15.0 Å². The highest BCUT2D eigenvalue weighted by atomic mass is 32.2. The summed E-state index contributed by atoms with van der Waals surface area (Å²) in [6, 6.07) is 3.60. The quantitative estimate of drug-likeness (QED) is 0.107. The van der Waals surface area contributed by atoms with E-state index < -0.39 is 55.9 Å². The summed E-state index contributed by atoms with van der Waals surface area (Å²) < 4.78 is 36.3. The smallest absolute Gasteiger partial charge is 0.337 e. The molecule has 2 fully saturated rings. The molecule has 5 N–H and O–H groups in total. The molecule has 2 aliphatic carbocycles. The van der Waals surface area contributed by atoms with E-state index in [0.29, 0.717) is 0 Å². The highest BCUT2D eigenvalue weighted by Crippen LogP contribution is 2.38. The molecule has 2 aliphatic rings. The molecule has 242 valence electrons. The molecule has 0 atom stereocenters. The Kier molecular flexibility index (Phi) is 11.5. The maximum absolute atomic E-state index is 12.3. The van der Waals surface area contributed by atoms with Gasteiger partial charge in [0.15, 0.2) is 11.6 Å². The predicted octanol–water partition coefficient (Wildman–Crippen LogP) is 1.84. The number of esters is 1. The Hall–Kier alpha value is -5.13. The highest BCUT2D eigenvalue weighted by Gasteiger charge is 2.40. The van der Waals surface area contributed by atoms with Crippen LogP contribution in [0.1, 0.15) is 49.9 Å². The summed E-state index contributed by atoms with van der Waals surface area (Å²) in [4.78, 5) is 69.4. The van der Waals surface area contributed by atoms with Crippen LogP contribution < -0.4 is 20.1 Å². The minimum atomic E-state index is -4.45. The van der Waals surface area contributed by atoms with Crippen LogP contribution in [-0.2, 0) is 29.1 Å². The van der Waals surface area contributed by atoms with E-state index in [9.17, 15) is 37.5 Å². The van der Waals surface area contributed by atoms with Crippen LogP contribution in [0.3, 0.4) is 0 Å². The van der Waals surface area contributed by atoms with E-state index in [1.165, 1.54) is 19.2 Å². The monoisotopic (exact) mass is 648 g/mol. The van der Waals surface area contributed by atoms with Crippen molar-refractivity contribution in [2.24, 2.45) is 11.8 Å². The number of aromatic nitrogens is 3. The van der Waals surface area contributed by atoms with Crippen molar-refractivity contribution < 1.29 is 52.1 Å². The van der Waals surface area contributed by atoms with Gasteiger partial charge in [0.25, 0.3) is 10.0 Å². The number of rotatable bonds is 10. The van der Waals surface area contributed by atoms with Crippen molar-refractivity contribution >= 4 is 51.5 Å². The van der Waals surface area contributed by atoms with Crippen molar-refractivity contribution in [2.45, 2.75) is 44.4 Å². The third-order valence-corrected chi connectivity index (χ3v) is 7.62. The summed E-state index contributed by atoms with van der Waals surface area (Å²) in [5, 5.41) is 23.7. The summed E-state index contributed by atoms with van der Waals surface area (Å²) >= 11 is 0. The first-order valence-corrected chi connectivity index (χ1v) is 15.2. The fourth-order valence-corrected chi connectivity index (χ4v) is 5.16. The van der Waals surface area contributed by atoms with Crippen LogP contribution >= 0.6 is 0 Å². The van der Waals surface area contributed by atoms with Gasteiger partial charge in [0.2, 0.25) is 11.9 Å². The molecule has 0 bridgehead atoms. The van der Waals surface area contributed by atoms with Gasteiger partial charge < -0.3 is 25.0 Å². The van der Waals surface area contributed by atoms with Crippen LogP contribution in [0, 0.1) is 11.8 Å². The number of amides is 2. The number of ketones is 2. The van der Waals surface area contributed by atoms with Crippen molar-refractivity contribution in [3.8, 4) is 6.01 Å². The molecule has 0 radical (unpaired) electrons. The summed E-state index contributed by atoms with van der Waals surface area (Å²) in [6.45, 7) is 3.87. The first-order valence-electron chi connectivity index (χ1n) is 13.7. The standard InChI is InChI=1S/C14H16N6O6S.C13H16O5/c1-3-26-14-18-11(15-2)16-12(19-14)17-13(23)20-27(24,25)9-7-5-4-6-8(9)10(21)22;1-2-18-13(17)8-5-9(14)11(10(15)6-8)12(16)7-3-4-7/h4-7H,3H2,1-2H3,(H,21,22)(H3,15,16,17,18,19,20,23);7-8,16H,2-6H2,1H3. The molecular weight excluding hydrogens is 616 g/mol. The number of sulfonamides is 1. The Morgan fingerprint density at radius 2 is 1.56 bits per heavy atom. The van der Waals surface area contributed by atoms with E-state index in [1.807, 2.05) is 0 Å². The van der Waals surface area contributed by atoms with Gasteiger partial charge in [-0.15, -0.1) is 0 Å². The van der Waals surface area contributed by atoms with Crippen molar-refractivity contribution in [3.63, 3.8) is 0 Å². The topological polar surface area (TPSA) is 253 Å². The average Bonchev–Trinajstić information content (AvgIpc) is 3.83. The molecule has 0 saturated heterocycles. The predicted molar refractivity (Wildman–Crippen MR) is 155 cm³/mol. The number of aromatic carboxylic acids is 1. The van der Waals surface area contributed by atoms with Gasteiger partial charge in [-0.25, -0.2) is 22.7 Å². The number of hydrogen-bond acceptors (Lipinski definition) is 14. The Balaban J connectivity index is 0.000000265. The second-order valence-corrected chi connectivity index (χ2v) is 11.2. The van der Waals surface area contributed by atoms with Gasteiger partial charge in [0, 0.05) is 25.8 Å². The fraction of sp³-hybridized carbons (Fsp3) is 0.407. The zero-order chi connectivity index (χ0) is 33.3. The average molecular weight is 649 g/mol. The normalized spacial score (nSPS) is 16.1. The minimum Gasteiger partial charge on any atom is -0.511 e. The van der Waals surface area contributed by atoms with Crippen LogP contribution in [0.25, 0.3) is 0 Å². The number of carbonyl (C=O) groups is 5. The number of ether oxygens (including phenoxy) is 2. The molecule has 4 rings (SSSR count). The molecule has 1 heterocycles. The first kappa shape index (κ1) is 34.4. The lowest BCUT2D eigenvalue weighted by atomic mass is 9.82. The van der Waals surface area contributed by atoms with Gasteiger partial charge in [-0.05, 0) is 38.8 Å². The molecule has 45 heavy (non-hydrogen) atoms. The van der Waals surface area contributed by atoms with E-state index in [1.54, 1.807) is 18.6 Å². The lowest BCUT2D eigenvalue weighted by Crippen LogP contribution is -2.35. The second kappa shape index (κ2) is 15.0. The molecule has 0 aliphatic heterocycles.